The van der Waals surface area contributed by atoms with Crippen LogP contribution in [0.25, 0.3) is 10.9 Å². The van der Waals surface area contributed by atoms with Gasteiger partial charge in [-0.25, -0.2) is 12.7 Å². The molecule has 0 fully saturated rings. The van der Waals surface area contributed by atoms with Crippen molar-refractivity contribution >= 4 is 26.8 Å². The fraction of sp³-hybridized carbons (Fsp3) is 0.174. The molecule has 0 radical (unpaired) electrons. The lowest BCUT2D eigenvalue weighted by molar-refractivity contribution is 0.0942. The van der Waals surface area contributed by atoms with Crippen molar-refractivity contribution in [1.82, 2.24) is 24.2 Å². The maximum absolute atomic E-state index is 13.1. The molecule has 164 valence electrons. The number of hydrogen-bond donors (Lipinski definition) is 1. The first-order valence-electron chi connectivity index (χ1n) is 9.99. The van der Waals surface area contributed by atoms with Gasteiger partial charge in [-0.05, 0) is 54.1 Å². The van der Waals surface area contributed by atoms with E-state index in [9.17, 15) is 13.2 Å². The molecule has 0 saturated heterocycles. The van der Waals surface area contributed by atoms with E-state index < -0.39 is 10.0 Å². The van der Waals surface area contributed by atoms with Crippen molar-refractivity contribution in [3.63, 3.8) is 0 Å². The first kappa shape index (κ1) is 21.7. The number of carbonyl (C=O) groups is 1. The van der Waals surface area contributed by atoms with Gasteiger partial charge in [0.15, 0.2) is 0 Å². The summed E-state index contributed by atoms with van der Waals surface area (Å²) >= 11 is 0. The van der Waals surface area contributed by atoms with Crippen molar-refractivity contribution < 1.29 is 13.2 Å². The van der Waals surface area contributed by atoms with Crippen LogP contribution in [0.5, 0.6) is 0 Å². The quantitative estimate of drug-likeness (QED) is 0.468. The fourth-order valence-electron chi connectivity index (χ4n) is 3.41. The number of pyridine rings is 2. The van der Waals surface area contributed by atoms with Gasteiger partial charge in [0, 0.05) is 50.1 Å². The predicted molar refractivity (Wildman–Crippen MR) is 122 cm³/mol. The summed E-state index contributed by atoms with van der Waals surface area (Å²) < 4.78 is 28.2. The van der Waals surface area contributed by atoms with E-state index in [0.29, 0.717) is 17.6 Å². The summed E-state index contributed by atoms with van der Waals surface area (Å²) in [6, 6.07) is 15.9. The zero-order valence-electron chi connectivity index (χ0n) is 17.8. The molecule has 0 saturated carbocycles. The van der Waals surface area contributed by atoms with E-state index in [4.69, 9.17) is 0 Å². The molecule has 3 heterocycles. The van der Waals surface area contributed by atoms with Crippen LogP contribution in [0.15, 0.2) is 78.1 Å². The minimum Gasteiger partial charge on any atom is -0.345 e. The van der Waals surface area contributed by atoms with E-state index in [0.717, 1.165) is 16.8 Å². The predicted octanol–water partition coefficient (Wildman–Crippen LogP) is 2.66. The lowest BCUT2D eigenvalue weighted by atomic mass is 10.2. The highest BCUT2D eigenvalue weighted by Crippen LogP contribution is 2.26. The van der Waals surface area contributed by atoms with Gasteiger partial charge in [0.2, 0.25) is 10.0 Å². The van der Waals surface area contributed by atoms with E-state index in [1.165, 1.54) is 18.4 Å². The molecule has 0 atom stereocenters. The molecule has 8 nitrogen and oxygen atoms in total. The maximum atomic E-state index is 13.1. The number of amides is 1. The zero-order chi connectivity index (χ0) is 22.7. The average molecular weight is 450 g/mol. The molecular weight excluding hydrogens is 426 g/mol. The van der Waals surface area contributed by atoms with Gasteiger partial charge in [-0.3, -0.25) is 14.8 Å². The number of hydrogen-bond acceptors (Lipinski definition) is 5. The standard InChI is InChI=1S/C23H23N5O3S/c1-27(2)32(30,31)20-6-7-21-18(13-20)14-22(28(21)16-17-8-11-24-12-9-17)23(29)26-15-19-5-3-4-10-25-19/h3-14H,15-16H2,1-2H3,(H,26,29). The molecule has 4 aromatic rings. The Labute approximate surface area is 186 Å². The summed E-state index contributed by atoms with van der Waals surface area (Å²) in [7, 11) is -0.609. The van der Waals surface area contributed by atoms with Crippen LogP contribution in [0.4, 0.5) is 0 Å². The SMILES string of the molecule is CN(C)S(=O)(=O)c1ccc2c(c1)cc(C(=O)NCc1ccccn1)n2Cc1ccncc1. The summed E-state index contributed by atoms with van der Waals surface area (Å²) in [5, 5.41) is 3.58. The van der Waals surface area contributed by atoms with Crippen molar-refractivity contribution in [2.45, 2.75) is 18.0 Å². The minimum absolute atomic E-state index is 0.177. The molecule has 0 aliphatic carbocycles. The van der Waals surface area contributed by atoms with Gasteiger partial charge in [0.1, 0.15) is 5.69 Å². The van der Waals surface area contributed by atoms with E-state index in [-0.39, 0.29) is 17.3 Å². The van der Waals surface area contributed by atoms with Gasteiger partial charge in [-0.1, -0.05) is 6.07 Å². The first-order chi connectivity index (χ1) is 15.4. The normalized spacial score (nSPS) is 11.7. The number of nitrogens with one attached hydrogen (secondary N) is 1. The molecule has 3 aromatic heterocycles. The largest absolute Gasteiger partial charge is 0.345 e. The Morgan fingerprint density at radius 1 is 1.03 bits per heavy atom. The highest BCUT2D eigenvalue weighted by molar-refractivity contribution is 7.89. The first-order valence-corrected chi connectivity index (χ1v) is 11.4. The highest BCUT2D eigenvalue weighted by Gasteiger charge is 2.21. The number of carbonyl (C=O) groups excluding carboxylic acids is 1. The van der Waals surface area contributed by atoms with E-state index in [1.54, 1.807) is 42.9 Å². The summed E-state index contributed by atoms with van der Waals surface area (Å²) in [6.07, 6.45) is 5.07. The number of nitrogens with zero attached hydrogens (tertiary/aromatic N) is 4. The van der Waals surface area contributed by atoms with Crippen LogP contribution in [0.2, 0.25) is 0 Å². The Balaban J connectivity index is 1.75. The number of sulfonamides is 1. The molecule has 1 aromatic carbocycles. The smallest absolute Gasteiger partial charge is 0.268 e. The van der Waals surface area contributed by atoms with Crippen LogP contribution >= 0.6 is 0 Å². The van der Waals surface area contributed by atoms with Gasteiger partial charge in [-0.15, -0.1) is 0 Å². The number of benzene rings is 1. The molecule has 0 aliphatic rings. The van der Waals surface area contributed by atoms with E-state index >= 15 is 0 Å². The van der Waals surface area contributed by atoms with Crippen LogP contribution < -0.4 is 5.32 Å². The number of aromatic nitrogens is 3. The summed E-state index contributed by atoms with van der Waals surface area (Å²) in [5.41, 5.74) is 2.92. The number of fused-ring (bicyclic) bond motifs is 1. The second kappa shape index (κ2) is 8.89. The molecule has 0 unspecified atom stereocenters. The average Bonchev–Trinajstić information content (AvgIpc) is 3.16. The van der Waals surface area contributed by atoms with Crippen LogP contribution in [0.1, 0.15) is 21.7 Å². The Hall–Kier alpha value is -3.56. The van der Waals surface area contributed by atoms with Gasteiger partial charge in [0.05, 0.1) is 17.1 Å². The topological polar surface area (TPSA) is 97.2 Å². The van der Waals surface area contributed by atoms with Crippen LogP contribution in [-0.2, 0) is 23.1 Å². The van der Waals surface area contributed by atoms with E-state index in [1.807, 2.05) is 34.9 Å². The van der Waals surface area contributed by atoms with E-state index in [2.05, 4.69) is 15.3 Å². The fourth-order valence-corrected chi connectivity index (χ4v) is 4.35. The lowest BCUT2D eigenvalue weighted by Gasteiger charge is -2.13. The van der Waals surface area contributed by atoms with Crippen molar-refractivity contribution in [3.8, 4) is 0 Å². The summed E-state index contributed by atoms with van der Waals surface area (Å²) in [4.78, 5) is 21.5. The second-order valence-corrected chi connectivity index (χ2v) is 9.63. The second-order valence-electron chi connectivity index (χ2n) is 7.48. The van der Waals surface area contributed by atoms with Crippen molar-refractivity contribution in [1.29, 1.82) is 0 Å². The molecule has 0 aliphatic heterocycles. The third kappa shape index (κ3) is 4.39. The Morgan fingerprint density at radius 2 is 1.81 bits per heavy atom. The molecule has 32 heavy (non-hydrogen) atoms. The minimum atomic E-state index is -3.59. The Bertz CT molecular complexity index is 1350. The monoisotopic (exact) mass is 449 g/mol. The van der Waals surface area contributed by atoms with Gasteiger partial charge < -0.3 is 9.88 Å². The molecule has 0 bridgehead atoms. The van der Waals surface area contributed by atoms with Gasteiger partial charge in [-0.2, -0.15) is 0 Å². The summed E-state index contributed by atoms with van der Waals surface area (Å²) in [5.74, 6) is -0.266. The molecule has 4 rings (SSSR count). The highest BCUT2D eigenvalue weighted by atomic mass is 32.2. The van der Waals surface area contributed by atoms with Crippen molar-refractivity contribution in [3.05, 3.63) is 90.1 Å². The van der Waals surface area contributed by atoms with Crippen molar-refractivity contribution in [2.24, 2.45) is 0 Å². The van der Waals surface area contributed by atoms with Crippen LogP contribution in [0.3, 0.4) is 0 Å². The van der Waals surface area contributed by atoms with Crippen molar-refractivity contribution in [2.75, 3.05) is 14.1 Å². The Morgan fingerprint density at radius 3 is 2.50 bits per heavy atom. The molecule has 9 heteroatoms. The third-order valence-electron chi connectivity index (χ3n) is 5.13. The summed E-state index contributed by atoms with van der Waals surface area (Å²) in [6.45, 7) is 0.731. The van der Waals surface area contributed by atoms with Crippen LogP contribution in [0, 0.1) is 0 Å². The molecular formula is C23H23N5O3S. The molecule has 0 spiro atoms. The molecule has 1 amide bonds. The lowest BCUT2D eigenvalue weighted by Crippen LogP contribution is -2.26. The van der Waals surface area contributed by atoms with Crippen LogP contribution in [-0.4, -0.2) is 47.3 Å². The maximum Gasteiger partial charge on any atom is 0.268 e. The number of rotatable bonds is 7. The Kier molecular flexibility index (Phi) is 6.02. The van der Waals surface area contributed by atoms with Gasteiger partial charge >= 0.3 is 0 Å². The zero-order valence-corrected chi connectivity index (χ0v) is 18.6. The van der Waals surface area contributed by atoms with Gasteiger partial charge in [0.25, 0.3) is 5.91 Å². The third-order valence-corrected chi connectivity index (χ3v) is 6.94. The molecule has 1 N–H and O–H groups in total.